The summed E-state index contributed by atoms with van der Waals surface area (Å²) in [6.45, 7) is 16.9. The first kappa shape index (κ1) is 17.0. The fourth-order valence-electron chi connectivity index (χ4n) is 4.00. The third-order valence-electron chi connectivity index (χ3n) is 5.20. The Kier molecular flexibility index (Phi) is 8.16. The molecule has 0 saturated heterocycles. The third-order valence-corrected chi connectivity index (χ3v) is 5.20. The van der Waals surface area contributed by atoms with Crippen molar-refractivity contribution in [1.29, 1.82) is 0 Å². The maximum absolute atomic E-state index is 2.51. The van der Waals surface area contributed by atoms with Gasteiger partial charge < -0.3 is 0 Å². The van der Waals surface area contributed by atoms with Crippen LogP contribution in [0.25, 0.3) is 0 Å². The van der Waals surface area contributed by atoms with Crippen LogP contribution in [0.5, 0.6) is 0 Å². The molecule has 0 amide bonds. The SMILES string of the molecule is CCCCC(C)C(CCC)(C(C)C)C(C)CC. The van der Waals surface area contributed by atoms with E-state index in [9.17, 15) is 0 Å². The summed E-state index contributed by atoms with van der Waals surface area (Å²) in [6, 6.07) is 0. The molecule has 0 aliphatic carbocycles. The van der Waals surface area contributed by atoms with Crippen LogP contribution in [-0.4, -0.2) is 0 Å². The van der Waals surface area contributed by atoms with Crippen LogP contribution in [0.4, 0.5) is 0 Å². The highest BCUT2D eigenvalue weighted by molar-refractivity contribution is 4.90. The van der Waals surface area contributed by atoms with Gasteiger partial charge in [-0.3, -0.25) is 0 Å². The minimum atomic E-state index is 0.568. The Bertz CT molecular complexity index is 182. The number of rotatable bonds is 9. The van der Waals surface area contributed by atoms with Gasteiger partial charge in [0.05, 0.1) is 0 Å². The van der Waals surface area contributed by atoms with Crippen molar-refractivity contribution in [3.05, 3.63) is 0 Å². The second-order valence-corrected chi connectivity index (χ2v) is 6.37. The van der Waals surface area contributed by atoms with Gasteiger partial charge in [0.25, 0.3) is 0 Å². The second kappa shape index (κ2) is 8.16. The van der Waals surface area contributed by atoms with E-state index in [0.717, 1.165) is 17.8 Å². The lowest BCUT2D eigenvalue weighted by Gasteiger charge is -2.48. The Morgan fingerprint density at radius 1 is 0.824 bits per heavy atom. The Balaban J connectivity index is 5.00. The van der Waals surface area contributed by atoms with Crippen LogP contribution in [0.3, 0.4) is 0 Å². The first-order valence-corrected chi connectivity index (χ1v) is 7.97. The molecular weight excluding hydrogens is 204 g/mol. The van der Waals surface area contributed by atoms with E-state index in [1.165, 1.54) is 38.5 Å². The van der Waals surface area contributed by atoms with E-state index in [-0.39, 0.29) is 0 Å². The summed E-state index contributed by atoms with van der Waals surface area (Å²) in [4.78, 5) is 0. The van der Waals surface area contributed by atoms with Crippen LogP contribution in [-0.2, 0) is 0 Å². The molecule has 0 nitrogen and oxygen atoms in total. The maximum Gasteiger partial charge on any atom is -0.0223 e. The molecule has 0 saturated carbocycles. The standard InChI is InChI=1S/C17H36/c1-8-11-12-16(7)17(13-9-2,14(4)5)15(6)10-3/h14-16H,8-13H2,1-7H3. The summed E-state index contributed by atoms with van der Waals surface area (Å²) < 4.78 is 0. The molecule has 104 valence electrons. The summed E-state index contributed by atoms with van der Waals surface area (Å²) >= 11 is 0. The van der Waals surface area contributed by atoms with Gasteiger partial charge in [-0.15, -0.1) is 0 Å². The van der Waals surface area contributed by atoms with Crippen LogP contribution >= 0.6 is 0 Å². The van der Waals surface area contributed by atoms with Gasteiger partial charge in [-0.2, -0.15) is 0 Å². The summed E-state index contributed by atoms with van der Waals surface area (Å²) in [5.41, 5.74) is 0.568. The zero-order valence-corrected chi connectivity index (χ0v) is 13.5. The molecule has 0 heteroatoms. The van der Waals surface area contributed by atoms with Gasteiger partial charge in [0.15, 0.2) is 0 Å². The third kappa shape index (κ3) is 4.00. The number of hydrogen-bond donors (Lipinski definition) is 0. The molecule has 0 N–H and O–H groups in total. The van der Waals surface area contributed by atoms with Gasteiger partial charge in [0, 0.05) is 0 Å². The fourth-order valence-corrected chi connectivity index (χ4v) is 4.00. The monoisotopic (exact) mass is 240 g/mol. The first-order chi connectivity index (χ1) is 7.97. The molecular formula is C17H36. The predicted molar refractivity (Wildman–Crippen MR) is 80.3 cm³/mol. The Morgan fingerprint density at radius 3 is 1.76 bits per heavy atom. The first-order valence-electron chi connectivity index (χ1n) is 7.97. The van der Waals surface area contributed by atoms with E-state index in [0.29, 0.717) is 5.41 Å². The Hall–Kier alpha value is 0. The van der Waals surface area contributed by atoms with Crippen LogP contribution in [0.15, 0.2) is 0 Å². The van der Waals surface area contributed by atoms with Gasteiger partial charge >= 0.3 is 0 Å². The summed E-state index contributed by atoms with van der Waals surface area (Å²) in [7, 11) is 0. The molecule has 17 heavy (non-hydrogen) atoms. The average molecular weight is 240 g/mol. The highest BCUT2D eigenvalue weighted by Crippen LogP contribution is 2.49. The van der Waals surface area contributed by atoms with E-state index in [2.05, 4.69) is 48.5 Å². The van der Waals surface area contributed by atoms with Crippen molar-refractivity contribution in [2.45, 2.75) is 87.0 Å². The summed E-state index contributed by atoms with van der Waals surface area (Å²) in [5, 5.41) is 0. The summed E-state index contributed by atoms with van der Waals surface area (Å²) in [5.74, 6) is 2.54. The van der Waals surface area contributed by atoms with Gasteiger partial charge in [0.1, 0.15) is 0 Å². The van der Waals surface area contributed by atoms with Crippen molar-refractivity contribution in [3.8, 4) is 0 Å². The zero-order chi connectivity index (χ0) is 13.5. The van der Waals surface area contributed by atoms with E-state index in [1.54, 1.807) is 0 Å². The van der Waals surface area contributed by atoms with Gasteiger partial charge in [-0.1, -0.05) is 80.6 Å². The van der Waals surface area contributed by atoms with E-state index in [1.807, 2.05) is 0 Å². The molecule has 3 unspecified atom stereocenters. The van der Waals surface area contributed by atoms with Crippen molar-refractivity contribution in [2.24, 2.45) is 23.2 Å². The van der Waals surface area contributed by atoms with Crippen molar-refractivity contribution in [3.63, 3.8) is 0 Å². The Labute approximate surface area is 111 Å². The lowest BCUT2D eigenvalue weighted by Crippen LogP contribution is -2.40. The lowest BCUT2D eigenvalue weighted by atomic mass is 9.57. The van der Waals surface area contributed by atoms with E-state index in [4.69, 9.17) is 0 Å². The number of hydrogen-bond acceptors (Lipinski definition) is 0. The van der Waals surface area contributed by atoms with Crippen molar-refractivity contribution in [1.82, 2.24) is 0 Å². The van der Waals surface area contributed by atoms with Crippen LogP contribution in [0, 0.1) is 23.2 Å². The smallest absolute Gasteiger partial charge is 0.0223 e. The molecule has 0 aromatic carbocycles. The Morgan fingerprint density at radius 2 is 1.41 bits per heavy atom. The molecule has 0 aromatic heterocycles. The van der Waals surface area contributed by atoms with E-state index >= 15 is 0 Å². The molecule has 0 aliphatic heterocycles. The maximum atomic E-state index is 2.51. The highest BCUT2D eigenvalue weighted by Gasteiger charge is 2.41. The zero-order valence-electron chi connectivity index (χ0n) is 13.5. The predicted octanol–water partition coefficient (Wildman–Crippen LogP) is 6.30. The largest absolute Gasteiger partial charge is 0.0654 e. The van der Waals surface area contributed by atoms with Crippen LogP contribution < -0.4 is 0 Å². The number of unbranched alkanes of at least 4 members (excludes halogenated alkanes) is 1. The summed E-state index contributed by atoms with van der Waals surface area (Å²) in [6.07, 6.45) is 8.22. The fraction of sp³-hybridized carbons (Fsp3) is 1.00. The minimum Gasteiger partial charge on any atom is -0.0654 e. The highest BCUT2D eigenvalue weighted by atomic mass is 14.5. The van der Waals surface area contributed by atoms with Gasteiger partial charge in [0.2, 0.25) is 0 Å². The van der Waals surface area contributed by atoms with Gasteiger partial charge in [-0.05, 0) is 29.6 Å². The molecule has 0 aromatic rings. The molecule has 0 heterocycles. The molecule has 0 bridgehead atoms. The molecule has 0 fully saturated rings. The topological polar surface area (TPSA) is 0 Å². The molecule has 0 aliphatic rings. The molecule has 0 spiro atoms. The van der Waals surface area contributed by atoms with E-state index < -0.39 is 0 Å². The average Bonchev–Trinajstić information content (AvgIpc) is 2.31. The van der Waals surface area contributed by atoms with Crippen LogP contribution in [0.2, 0.25) is 0 Å². The lowest BCUT2D eigenvalue weighted by molar-refractivity contribution is 0.0129. The van der Waals surface area contributed by atoms with Crippen molar-refractivity contribution < 1.29 is 0 Å². The van der Waals surface area contributed by atoms with Crippen LogP contribution in [0.1, 0.15) is 87.0 Å². The van der Waals surface area contributed by atoms with Crippen molar-refractivity contribution in [2.75, 3.05) is 0 Å². The molecule has 3 atom stereocenters. The van der Waals surface area contributed by atoms with Crippen molar-refractivity contribution >= 4 is 0 Å². The molecule has 0 rings (SSSR count). The molecule has 0 radical (unpaired) electrons. The second-order valence-electron chi connectivity index (χ2n) is 6.37. The van der Waals surface area contributed by atoms with Gasteiger partial charge in [-0.25, -0.2) is 0 Å². The minimum absolute atomic E-state index is 0.568. The normalized spacial score (nSPS) is 19.1. The quantitative estimate of drug-likeness (QED) is 0.443.